The van der Waals surface area contributed by atoms with Gasteiger partial charge in [0.05, 0.1) is 19.1 Å². The van der Waals surface area contributed by atoms with Crippen molar-refractivity contribution in [2.45, 2.75) is 44.8 Å². The summed E-state index contributed by atoms with van der Waals surface area (Å²) in [5, 5.41) is 25.7. The fraction of sp³-hybridized carbons (Fsp3) is 0.276. The van der Waals surface area contributed by atoms with E-state index < -0.39 is 24.0 Å². The Labute approximate surface area is 221 Å². The van der Waals surface area contributed by atoms with Gasteiger partial charge in [0.15, 0.2) is 5.82 Å². The first-order valence-electron chi connectivity index (χ1n) is 12.5. The molecule has 0 aliphatic carbocycles. The highest BCUT2D eigenvalue weighted by Crippen LogP contribution is 2.38. The maximum Gasteiger partial charge on any atom is 0.327 e. The highest BCUT2D eigenvalue weighted by Gasteiger charge is 2.34. The molecule has 0 fully saturated rings. The monoisotopic (exact) mass is 513 g/mol. The van der Waals surface area contributed by atoms with E-state index in [4.69, 9.17) is 4.74 Å². The number of carboxylic acids is 1. The molecule has 0 aliphatic rings. The number of nitrogens with zero attached hydrogens (tertiary/aromatic N) is 4. The van der Waals surface area contributed by atoms with Crippen LogP contribution in [0.4, 0.5) is 0 Å². The number of carboxylic acid groups (broad SMARTS) is 1. The second-order valence-electron chi connectivity index (χ2n) is 9.01. The Bertz CT molecular complexity index is 1300. The van der Waals surface area contributed by atoms with Crippen LogP contribution in [0.1, 0.15) is 59.4 Å². The molecule has 4 rings (SSSR count). The molecule has 0 aliphatic heterocycles. The number of hydrogen-bond donors (Lipinski definition) is 2. The lowest BCUT2D eigenvalue weighted by molar-refractivity contribution is -0.144. The van der Waals surface area contributed by atoms with E-state index in [1.54, 1.807) is 6.92 Å². The molecule has 0 saturated carbocycles. The lowest BCUT2D eigenvalue weighted by Crippen LogP contribution is -2.35. The zero-order valence-corrected chi connectivity index (χ0v) is 21.4. The molecule has 0 spiro atoms. The summed E-state index contributed by atoms with van der Waals surface area (Å²) < 4.78 is 6.56. The lowest BCUT2D eigenvalue weighted by atomic mass is 9.83. The standard InChI is InChI=1S/C29H31N5O4/c1-3-38-26(37)19-34-29(31-32-33-34)28(30-24(18-25(35)36)23-16-10-11-20(2)17-23)27(21-12-6-4-7-13-21)22-14-8-5-9-15-22/h4-17,24,27-28,30H,3,18-19H2,1-2H3,(H,35,36). The van der Waals surface area contributed by atoms with E-state index >= 15 is 0 Å². The van der Waals surface area contributed by atoms with Gasteiger partial charge in [0.1, 0.15) is 6.54 Å². The van der Waals surface area contributed by atoms with Gasteiger partial charge >= 0.3 is 11.9 Å². The molecule has 38 heavy (non-hydrogen) atoms. The van der Waals surface area contributed by atoms with E-state index in [1.165, 1.54) is 4.68 Å². The number of nitrogens with one attached hydrogen (secondary N) is 1. The zero-order chi connectivity index (χ0) is 26.9. The van der Waals surface area contributed by atoms with Gasteiger partial charge in [0.25, 0.3) is 0 Å². The number of carbonyl (C=O) groups excluding carboxylic acids is 1. The predicted octanol–water partition coefficient (Wildman–Crippen LogP) is 4.22. The van der Waals surface area contributed by atoms with Gasteiger partial charge in [-0.05, 0) is 41.0 Å². The van der Waals surface area contributed by atoms with Gasteiger partial charge in [-0.2, -0.15) is 0 Å². The fourth-order valence-corrected chi connectivity index (χ4v) is 4.65. The van der Waals surface area contributed by atoms with Crippen molar-refractivity contribution < 1.29 is 19.4 Å². The minimum Gasteiger partial charge on any atom is -0.481 e. The minimum atomic E-state index is -0.940. The van der Waals surface area contributed by atoms with Gasteiger partial charge in [-0.3, -0.25) is 14.9 Å². The normalized spacial score (nSPS) is 12.7. The summed E-state index contributed by atoms with van der Waals surface area (Å²) in [5.74, 6) is -1.30. The van der Waals surface area contributed by atoms with Crippen molar-refractivity contribution in [3.8, 4) is 0 Å². The Morgan fingerprint density at radius 1 is 0.947 bits per heavy atom. The Hall–Kier alpha value is -4.37. The second-order valence-corrected chi connectivity index (χ2v) is 9.01. The number of aryl methyl sites for hydroxylation is 1. The molecular weight excluding hydrogens is 482 g/mol. The molecule has 196 valence electrons. The van der Waals surface area contributed by atoms with Crippen LogP contribution in [0.5, 0.6) is 0 Å². The first kappa shape index (κ1) is 26.7. The molecule has 9 heteroatoms. The number of aromatic nitrogens is 4. The van der Waals surface area contributed by atoms with Gasteiger partial charge in [-0.1, -0.05) is 90.5 Å². The third kappa shape index (κ3) is 6.68. The largest absolute Gasteiger partial charge is 0.481 e. The molecule has 1 heterocycles. The Kier molecular flexibility index (Phi) is 8.94. The summed E-state index contributed by atoms with van der Waals surface area (Å²) in [5.41, 5.74) is 3.83. The zero-order valence-electron chi connectivity index (χ0n) is 21.4. The van der Waals surface area contributed by atoms with Gasteiger partial charge in [0.2, 0.25) is 0 Å². The van der Waals surface area contributed by atoms with Crippen LogP contribution in [-0.4, -0.2) is 43.9 Å². The number of rotatable bonds is 12. The van der Waals surface area contributed by atoms with Crippen molar-refractivity contribution in [1.29, 1.82) is 0 Å². The summed E-state index contributed by atoms with van der Waals surface area (Å²) in [4.78, 5) is 24.4. The van der Waals surface area contributed by atoms with Crippen LogP contribution in [0.25, 0.3) is 0 Å². The molecule has 9 nitrogen and oxygen atoms in total. The summed E-state index contributed by atoms with van der Waals surface area (Å²) >= 11 is 0. The van der Waals surface area contributed by atoms with Crippen LogP contribution in [0.2, 0.25) is 0 Å². The highest BCUT2D eigenvalue weighted by atomic mass is 16.5. The summed E-state index contributed by atoms with van der Waals surface area (Å²) in [7, 11) is 0. The molecule has 2 unspecified atom stereocenters. The Morgan fingerprint density at radius 3 is 2.16 bits per heavy atom. The second kappa shape index (κ2) is 12.7. The third-order valence-electron chi connectivity index (χ3n) is 6.28. The van der Waals surface area contributed by atoms with E-state index in [0.717, 1.165) is 22.3 Å². The molecule has 1 aromatic heterocycles. The van der Waals surface area contributed by atoms with Gasteiger partial charge in [-0.25, -0.2) is 4.68 Å². The predicted molar refractivity (Wildman–Crippen MR) is 141 cm³/mol. The van der Waals surface area contributed by atoms with Crippen molar-refractivity contribution in [3.63, 3.8) is 0 Å². The Morgan fingerprint density at radius 2 is 1.58 bits per heavy atom. The van der Waals surface area contributed by atoms with E-state index in [0.29, 0.717) is 5.82 Å². The molecule has 2 atom stereocenters. The molecule has 0 radical (unpaired) electrons. The SMILES string of the molecule is CCOC(=O)Cn1nnnc1C(NC(CC(=O)O)c1cccc(C)c1)C(c1ccccc1)c1ccccc1. The van der Waals surface area contributed by atoms with E-state index in [1.807, 2.05) is 91.9 Å². The fourth-order valence-electron chi connectivity index (χ4n) is 4.65. The van der Waals surface area contributed by atoms with Gasteiger partial charge < -0.3 is 9.84 Å². The van der Waals surface area contributed by atoms with Crippen molar-refractivity contribution in [3.05, 3.63) is 113 Å². The van der Waals surface area contributed by atoms with Gasteiger partial charge in [-0.15, -0.1) is 5.10 Å². The van der Waals surface area contributed by atoms with E-state index in [-0.39, 0.29) is 25.5 Å². The first-order chi connectivity index (χ1) is 18.5. The minimum absolute atomic E-state index is 0.157. The smallest absolute Gasteiger partial charge is 0.327 e. The highest BCUT2D eigenvalue weighted by molar-refractivity contribution is 5.69. The molecule has 3 aromatic carbocycles. The Balaban J connectivity index is 1.86. The molecular formula is C29H31N5O4. The third-order valence-corrected chi connectivity index (χ3v) is 6.28. The topological polar surface area (TPSA) is 119 Å². The van der Waals surface area contributed by atoms with Crippen LogP contribution < -0.4 is 5.32 Å². The average molecular weight is 514 g/mol. The van der Waals surface area contributed by atoms with Crippen molar-refractivity contribution in [2.24, 2.45) is 0 Å². The first-order valence-corrected chi connectivity index (χ1v) is 12.5. The summed E-state index contributed by atoms with van der Waals surface area (Å²) in [6, 6.07) is 26.4. The number of carbonyl (C=O) groups is 2. The lowest BCUT2D eigenvalue weighted by Gasteiger charge is -2.32. The van der Waals surface area contributed by atoms with Crippen molar-refractivity contribution in [1.82, 2.24) is 25.5 Å². The van der Waals surface area contributed by atoms with Crippen LogP contribution in [0, 0.1) is 6.92 Å². The summed E-state index contributed by atoms with van der Waals surface area (Å²) in [6.07, 6.45) is -0.157. The average Bonchev–Trinajstić information content (AvgIpc) is 3.36. The van der Waals surface area contributed by atoms with Crippen LogP contribution in [-0.2, 0) is 20.9 Å². The van der Waals surface area contributed by atoms with Crippen molar-refractivity contribution in [2.75, 3.05) is 6.61 Å². The molecule has 0 saturated heterocycles. The van der Waals surface area contributed by atoms with E-state index in [9.17, 15) is 14.7 Å². The van der Waals surface area contributed by atoms with Gasteiger partial charge in [0, 0.05) is 12.0 Å². The number of hydrogen-bond acceptors (Lipinski definition) is 7. The number of tetrazole rings is 1. The quantitative estimate of drug-likeness (QED) is 0.270. The van der Waals surface area contributed by atoms with Crippen LogP contribution >= 0.6 is 0 Å². The number of aliphatic carboxylic acids is 1. The van der Waals surface area contributed by atoms with Crippen molar-refractivity contribution >= 4 is 11.9 Å². The summed E-state index contributed by atoms with van der Waals surface area (Å²) in [6.45, 7) is 3.78. The number of ether oxygens (including phenoxy) is 1. The maximum absolute atomic E-state index is 12.4. The molecule has 0 amide bonds. The molecule has 4 aromatic rings. The number of esters is 1. The van der Waals surface area contributed by atoms with Crippen LogP contribution in [0.15, 0.2) is 84.9 Å². The molecule has 2 N–H and O–H groups in total. The van der Waals surface area contributed by atoms with Crippen LogP contribution in [0.3, 0.4) is 0 Å². The molecule has 0 bridgehead atoms. The number of benzene rings is 3. The van der Waals surface area contributed by atoms with E-state index in [2.05, 4.69) is 20.8 Å². The maximum atomic E-state index is 12.4.